The van der Waals surface area contributed by atoms with Gasteiger partial charge in [-0.15, -0.1) is 10.2 Å². The fraction of sp³-hybridized carbons (Fsp3) is 0.375. The number of unbranched alkanes of at least 4 members (excludes halogenated alkanes) is 1. The number of carbonyl (C=O) groups excluding carboxylic acids is 2. The van der Waals surface area contributed by atoms with Crippen molar-refractivity contribution in [2.45, 2.75) is 26.2 Å². The van der Waals surface area contributed by atoms with Crippen molar-refractivity contribution in [3.63, 3.8) is 0 Å². The third kappa shape index (κ3) is 6.44. The van der Waals surface area contributed by atoms with Gasteiger partial charge >= 0.3 is 6.03 Å². The van der Waals surface area contributed by atoms with E-state index in [9.17, 15) is 9.59 Å². The predicted octanol–water partition coefficient (Wildman–Crippen LogP) is 3.74. The van der Waals surface area contributed by atoms with Gasteiger partial charge in [-0.25, -0.2) is 4.79 Å². The van der Waals surface area contributed by atoms with E-state index in [-0.39, 0.29) is 19.0 Å². The summed E-state index contributed by atoms with van der Waals surface area (Å²) in [5.74, 6) is -0.296. The Morgan fingerprint density at radius 3 is 2.62 bits per heavy atom. The van der Waals surface area contributed by atoms with Crippen LogP contribution in [0.1, 0.15) is 35.1 Å². The summed E-state index contributed by atoms with van der Waals surface area (Å²) in [5, 5.41) is 17.9. The SMILES string of the molecule is CCCCc1nnc(NC(=O)NCCNC(=O)c2ccc(Cl)c(Cl)c2)s1. The van der Waals surface area contributed by atoms with Crippen LogP contribution < -0.4 is 16.0 Å². The zero-order valence-corrected chi connectivity index (χ0v) is 16.5. The lowest BCUT2D eigenvalue weighted by Crippen LogP contribution is -2.36. The molecule has 26 heavy (non-hydrogen) atoms. The molecule has 7 nitrogen and oxygen atoms in total. The van der Waals surface area contributed by atoms with Crippen molar-refractivity contribution in [2.24, 2.45) is 0 Å². The highest BCUT2D eigenvalue weighted by atomic mass is 35.5. The number of nitrogens with one attached hydrogen (secondary N) is 3. The van der Waals surface area contributed by atoms with Crippen LogP contribution in [0.2, 0.25) is 10.0 Å². The van der Waals surface area contributed by atoms with Crippen LogP contribution in [-0.2, 0) is 6.42 Å². The molecule has 140 valence electrons. The van der Waals surface area contributed by atoms with Crippen LogP contribution in [0.15, 0.2) is 18.2 Å². The van der Waals surface area contributed by atoms with E-state index in [1.54, 1.807) is 12.1 Å². The summed E-state index contributed by atoms with van der Waals surface area (Å²) in [4.78, 5) is 23.8. The zero-order chi connectivity index (χ0) is 18.9. The number of amides is 3. The minimum absolute atomic E-state index is 0.264. The average Bonchev–Trinajstić information content (AvgIpc) is 3.06. The molecule has 10 heteroatoms. The maximum atomic E-state index is 12.0. The van der Waals surface area contributed by atoms with Crippen LogP contribution in [0.4, 0.5) is 9.93 Å². The van der Waals surface area contributed by atoms with Crippen molar-refractivity contribution in [2.75, 3.05) is 18.4 Å². The van der Waals surface area contributed by atoms with Gasteiger partial charge in [0.05, 0.1) is 10.0 Å². The number of urea groups is 1. The second-order valence-electron chi connectivity index (χ2n) is 5.37. The Hall–Kier alpha value is -1.90. The Bertz CT molecular complexity index is 769. The van der Waals surface area contributed by atoms with E-state index < -0.39 is 6.03 Å². The molecule has 0 bridgehead atoms. The molecule has 2 rings (SSSR count). The van der Waals surface area contributed by atoms with Crippen molar-refractivity contribution < 1.29 is 9.59 Å². The number of anilines is 1. The quantitative estimate of drug-likeness (QED) is 0.572. The number of hydrogen-bond donors (Lipinski definition) is 3. The highest BCUT2D eigenvalue weighted by Crippen LogP contribution is 2.22. The molecule has 2 aromatic rings. The van der Waals surface area contributed by atoms with Gasteiger partial charge in [0, 0.05) is 25.1 Å². The number of halogens is 2. The number of carbonyl (C=O) groups is 2. The minimum Gasteiger partial charge on any atom is -0.350 e. The Balaban J connectivity index is 1.68. The van der Waals surface area contributed by atoms with E-state index in [1.807, 2.05) is 0 Å². The second kappa shape index (κ2) is 10.3. The van der Waals surface area contributed by atoms with Gasteiger partial charge in [0.2, 0.25) is 5.13 Å². The first kappa shape index (κ1) is 20.4. The molecule has 0 saturated heterocycles. The molecule has 0 aliphatic rings. The smallest absolute Gasteiger partial charge is 0.321 e. The van der Waals surface area contributed by atoms with E-state index in [2.05, 4.69) is 33.1 Å². The first-order valence-electron chi connectivity index (χ1n) is 8.10. The summed E-state index contributed by atoms with van der Waals surface area (Å²) < 4.78 is 0. The normalized spacial score (nSPS) is 10.4. The summed E-state index contributed by atoms with van der Waals surface area (Å²) >= 11 is 13.1. The summed E-state index contributed by atoms with van der Waals surface area (Å²) in [6.07, 6.45) is 2.98. The number of rotatable bonds is 8. The van der Waals surface area contributed by atoms with Gasteiger partial charge in [-0.3, -0.25) is 10.1 Å². The summed E-state index contributed by atoms with van der Waals surface area (Å²) in [6.45, 7) is 2.64. The summed E-state index contributed by atoms with van der Waals surface area (Å²) in [5.41, 5.74) is 0.400. The van der Waals surface area contributed by atoms with Gasteiger partial charge in [0.25, 0.3) is 5.91 Å². The van der Waals surface area contributed by atoms with Gasteiger partial charge in [0.1, 0.15) is 5.01 Å². The highest BCUT2D eigenvalue weighted by Gasteiger charge is 2.09. The molecule has 0 unspecified atom stereocenters. The molecule has 0 saturated carbocycles. The van der Waals surface area contributed by atoms with Gasteiger partial charge in [-0.05, 0) is 24.6 Å². The lowest BCUT2D eigenvalue weighted by Gasteiger charge is -2.07. The molecule has 0 spiro atoms. The molecule has 1 aromatic heterocycles. The lowest BCUT2D eigenvalue weighted by atomic mass is 10.2. The third-order valence-corrected chi connectivity index (χ3v) is 4.95. The van der Waals surface area contributed by atoms with E-state index in [0.29, 0.717) is 20.7 Å². The maximum absolute atomic E-state index is 12.0. The molecule has 3 amide bonds. The van der Waals surface area contributed by atoms with Crippen LogP contribution in [0.25, 0.3) is 0 Å². The van der Waals surface area contributed by atoms with Crippen LogP contribution in [0, 0.1) is 0 Å². The molecule has 0 radical (unpaired) electrons. The van der Waals surface area contributed by atoms with Crippen LogP contribution >= 0.6 is 34.5 Å². The van der Waals surface area contributed by atoms with Crippen molar-refractivity contribution in [3.05, 3.63) is 38.8 Å². The third-order valence-electron chi connectivity index (χ3n) is 3.31. The van der Waals surface area contributed by atoms with Crippen LogP contribution in [-0.4, -0.2) is 35.2 Å². The molecule has 1 aromatic carbocycles. The topological polar surface area (TPSA) is 96.0 Å². The van der Waals surface area contributed by atoms with E-state index >= 15 is 0 Å². The van der Waals surface area contributed by atoms with Gasteiger partial charge in [-0.1, -0.05) is 47.9 Å². The monoisotopic (exact) mass is 415 g/mol. The van der Waals surface area contributed by atoms with Crippen molar-refractivity contribution in [3.8, 4) is 0 Å². The standard InChI is InChI=1S/C16H19Cl2N5O2S/c1-2-3-4-13-22-23-16(26-13)21-15(25)20-8-7-19-14(24)10-5-6-11(17)12(18)9-10/h5-6,9H,2-4,7-8H2,1H3,(H,19,24)(H2,20,21,23,25). The number of hydrogen-bond acceptors (Lipinski definition) is 5. The fourth-order valence-electron chi connectivity index (χ4n) is 1.97. The predicted molar refractivity (Wildman–Crippen MR) is 104 cm³/mol. The molecular formula is C16H19Cl2N5O2S. The average molecular weight is 416 g/mol. The number of nitrogens with zero attached hydrogens (tertiary/aromatic N) is 2. The number of benzene rings is 1. The maximum Gasteiger partial charge on any atom is 0.321 e. The Morgan fingerprint density at radius 1 is 1.12 bits per heavy atom. The first-order valence-corrected chi connectivity index (χ1v) is 9.67. The number of aryl methyl sites for hydroxylation is 1. The minimum atomic E-state index is -0.396. The second-order valence-corrected chi connectivity index (χ2v) is 7.25. The molecule has 0 aliphatic heterocycles. The molecule has 1 heterocycles. The summed E-state index contributed by atoms with van der Waals surface area (Å²) in [7, 11) is 0. The van der Waals surface area contributed by atoms with Gasteiger partial charge in [0.15, 0.2) is 0 Å². The van der Waals surface area contributed by atoms with E-state index in [0.717, 1.165) is 24.3 Å². The molecule has 3 N–H and O–H groups in total. The molecule has 0 atom stereocenters. The highest BCUT2D eigenvalue weighted by molar-refractivity contribution is 7.15. The molecule has 0 aliphatic carbocycles. The van der Waals surface area contributed by atoms with E-state index in [4.69, 9.17) is 23.2 Å². The van der Waals surface area contributed by atoms with Crippen molar-refractivity contribution in [1.82, 2.24) is 20.8 Å². The first-order chi connectivity index (χ1) is 12.5. The van der Waals surface area contributed by atoms with Crippen molar-refractivity contribution >= 4 is 51.6 Å². The van der Waals surface area contributed by atoms with Crippen molar-refractivity contribution in [1.29, 1.82) is 0 Å². The van der Waals surface area contributed by atoms with E-state index in [1.165, 1.54) is 17.4 Å². The largest absolute Gasteiger partial charge is 0.350 e. The Kier molecular flexibility index (Phi) is 8.08. The van der Waals surface area contributed by atoms with Gasteiger partial charge < -0.3 is 10.6 Å². The molecule has 0 fully saturated rings. The summed E-state index contributed by atoms with van der Waals surface area (Å²) in [6, 6.07) is 4.23. The van der Waals surface area contributed by atoms with Crippen LogP contribution in [0.3, 0.4) is 0 Å². The zero-order valence-electron chi connectivity index (χ0n) is 14.1. The Labute approximate surface area is 165 Å². The fourth-order valence-corrected chi connectivity index (χ4v) is 3.04. The van der Waals surface area contributed by atoms with Crippen LogP contribution in [0.5, 0.6) is 0 Å². The van der Waals surface area contributed by atoms with Gasteiger partial charge in [-0.2, -0.15) is 0 Å². The Morgan fingerprint density at radius 2 is 1.88 bits per heavy atom. The number of aromatic nitrogens is 2. The lowest BCUT2D eigenvalue weighted by molar-refractivity contribution is 0.0954. The molecular weight excluding hydrogens is 397 g/mol.